The van der Waals surface area contributed by atoms with Crippen LogP contribution in [0.25, 0.3) is 0 Å². The summed E-state index contributed by atoms with van der Waals surface area (Å²) >= 11 is 0. The molecule has 1 aliphatic heterocycles. The fourth-order valence-corrected chi connectivity index (χ4v) is 1.35. The van der Waals surface area contributed by atoms with Crippen molar-refractivity contribution >= 4 is 0 Å². The fourth-order valence-electron chi connectivity index (χ4n) is 1.35. The van der Waals surface area contributed by atoms with Crippen molar-refractivity contribution in [3.8, 4) is 0 Å². The Hall–Kier alpha value is -0.830. The lowest BCUT2D eigenvalue weighted by molar-refractivity contribution is 0.535. The maximum atomic E-state index is 12.2. The summed E-state index contributed by atoms with van der Waals surface area (Å²) < 4.78 is 12.2. The highest BCUT2D eigenvalue weighted by Gasteiger charge is 2.21. The van der Waals surface area contributed by atoms with E-state index in [2.05, 4.69) is 10.6 Å². The summed E-state index contributed by atoms with van der Waals surface area (Å²) in [5, 5.41) is 6.57. The highest BCUT2D eigenvalue weighted by Crippen LogP contribution is 2.18. The summed E-state index contributed by atoms with van der Waals surface area (Å²) in [7, 11) is 0. The molecule has 1 aliphatic carbocycles. The number of hydrogen-bond donors (Lipinski definition) is 2. The Kier molecular flexibility index (Phi) is 2.64. The van der Waals surface area contributed by atoms with E-state index in [0.717, 1.165) is 18.2 Å². The first-order valence-electron chi connectivity index (χ1n) is 4.81. The van der Waals surface area contributed by atoms with Gasteiger partial charge in [-0.15, -0.1) is 0 Å². The predicted octanol–water partition coefficient (Wildman–Crippen LogP) is 1.12. The van der Waals surface area contributed by atoms with Gasteiger partial charge in [-0.1, -0.05) is 12.2 Å². The molecule has 1 fully saturated rings. The number of dihydropyridines is 1. The van der Waals surface area contributed by atoms with Gasteiger partial charge in [0.1, 0.15) is 6.67 Å². The third kappa shape index (κ3) is 2.56. The molecule has 2 nitrogen and oxygen atoms in total. The van der Waals surface area contributed by atoms with Crippen LogP contribution in [0.4, 0.5) is 4.39 Å². The first-order chi connectivity index (χ1) is 6.38. The van der Waals surface area contributed by atoms with E-state index in [9.17, 15) is 4.39 Å². The lowest BCUT2D eigenvalue weighted by Gasteiger charge is -2.18. The summed E-state index contributed by atoms with van der Waals surface area (Å²) in [4.78, 5) is 0. The minimum atomic E-state index is -0.383. The SMILES string of the molecule is FCC1=CNC(CNC2CC2)C=C1. The minimum Gasteiger partial charge on any atom is -0.383 e. The molecule has 2 rings (SSSR count). The van der Waals surface area contributed by atoms with Crippen LogP contribution in [0.1, 0.15) is 12.8 Å². The molecular formula is C10H15FN2. The van der Waals surface area contributed by atoms with Crippen molar-refractivity contribution in [3.63, 3.8) is 0 Å². The van der Waals surface area contributed by atoms with E-state index >= 15 is 0 Å². The maximum absolute atomic E-state index is 12.2. The molecule has 13 heavy (non-hydrogen) atoms. The molecule has 0 aromatic carbocycles. The summed E-state index contributed by atoms with van der Waals surface area (Å²) in [5.74, 6) is 0. The van der Waals surface area contributed by atoms with Crippen LogP contribution in [0.15, 0.2) is 23.9 Å². The number of alkyl halides is 1. The normalized spacial score (nSPS) is 26.8. The minimum absolute atomic E-state index is 0.330. The van der Waals surface area contributed by atoms with E-state index in [1.165, 1.54) is 12.8 Å². The van der Waals surface area contributed by atoms with E-state index in [1.54, 1.807) is 6.20 Å². The Labute approximate surface area is 77.9 Å². The average molecular weight is 182 g/mol. The van der Waals surface area contributed by atoms with Crippen LogP contribution in [-0.2, 0) is 0 Å². The molecule has 1 saturated carbocycles. The predicted molar refractivity (Wildman–Crippen MR) is 51.1 cm³/mol. The van der Waals surface area contributed by atoms with Gasteiger partial charge in [-0.25, -0.2) is 4.39 Å². The van der Waals surface area contributed by atoms with Gasteiger partial charge in [-0.3, -0.25) is 0 Å². The van der Waals surface area contributed by atoms with Crippen LogP contribution in [0.5, 0.6) is 0 Å². The van der Waals surface area contributed by atoms with Crippen molar-refractivity contribution in [1.29, 1.82) is 0 Å². The molecule has 1 unspecified atom stereocenters. The summed E-state index contributed by atoms with van der Waals surface area (Å²) in [6.07, 6.45) is 8.25. The lowest BCUT2D eigenvalue weighted by atomic mass is 10.1. The number of hydrogen-bond acceptors (Lipinski definition) is 2. The second-order valence-electron chi connectivity index (χ2n) is 3.67. The van der Waals surface area contributed by atoms with E-state index in [4.69, 9.17) is 0 Å². The average Bonchev–Trinajstić information content (AvgIpc) is 2.99. The molecule has 0 aromatic heterocycles. The van der Waals surface area contributed by atoms with Gasteiger partial charge in [0.2, 0.25) is 0 Å². The van der Waals surface area contributed by atoms with Gasteiger partial charge in [0, 0.05) is 18.8 Å². The van der Waals surface area contributed by atoms with Crippen LogP contribution in [0.2, 0.25) is 0 Å². The fraction of sp³-hybridized carbons (Fsp3) is 0.600. The zero-order valence-electron chi connectivity index (χ0n) is 7.59. The Bertz CT molecular complexity index is 231. The standard InChI is InChI=1S/C10H15FN2/c11-5-8-1-2-10(12-6-8)7-13-9-3-4-9/h1-2,6,9-10,12-13H,3-5,7H2. The van der Waals surface area contributed by atoms with Gasteiger partial charge in [0.15, 0.2) is 0 Å². The molecule has 2 aliphatic rings. The van der Waals surface area contributed by atoms with Crippen molar-refractivity contribution in [1.82, 2.24) is 10.6 Å². The quantitative estimate of drug-likeness (QED) is 0.681. The van der Waals surface area contributed by atoms with Crippen molar-refractivity contribution < 1.29 is 4.39 Å². The van der Waals surface area contributed by atoms with Gasteiger partial charge >= 0.3 is 0 Å². The summed E-state index contributed by atoms with van der Waals surface area (Å²) in [6, 6.07) is 1.07. The number of rotatable bonds is 4. The van der Waals surface area contributed by atoms with Crippen LogP contribution < -0.4 is 10.6 Å². The second-order valence-corrected chi connectivity index (χ2v) is 3.67. The van der Waals surface area contributed by atoms with Crippen LogP contribution in [0, 0.1) is 0 Å². The molecular weight excluding hydrogens is 167 g/mol. The molecule has 0 aromatic rings. The van der Waals surface area contributed by atoms with Crippen molar-refractivity contribution in [2.24, 2.45) is 0 Å². The maximum Gasteiger partial charge on any atom is 0.116 e. The van der Waals surface area contributed by atoms with Crippen molar-refractivity contribution in [3.05, 3.63) is 23.9 Å². The van der Waals surface area contributed by atoms with Gasteiger partial charge < -0.3 is 10.6 Å². The molecule has 72 valence electrons. The molecule has 1 heterocycles. The number of allylic oxidation sites excluding steroid dienone is 2. The molecule has 0 amide bonds. The van der Waals surface area contributed by atoms with Crippen LogP contribution >= 0.6 is 0 Å². The molecule has 1 atom stereocenters. The third-order valence-corrected chi connectivity index (χ3v) is 2.38. The number of nitrogens with one attached hydrogen (secondary N) is 2. The Morgan fingerprint density at radius 2 is 2.38 bits per heavy atom. The highest BCUT2D eigenvalue weighted by atomic mass is 19.1. The molecule has 0 saturated heterocycles. The van der Waals surface area contributed by atoms with Crippen LogP contribution in [0.3, 0.4) is 0 Å². The van der Waals surface area contributed by atoms with Gasteiger partial charge in [-0.05, 0) is 18.4 Å². The van der Waals surface area contributed by atoms with E-state index in [1.807, 2.05) is 12.2 Å². The second kappa shape index (κ2) is 3.92. The summed E-state index contributed by atoms with van der Waals surface area (Å²) in [6.45, 7) is 0.559. The Balaban J connectivity index is 1.71. The first kappa shape index (κ1) is 8.75. The zero-order chi connectivity index (χ0) is 9.10. The van der Waals surface area contributed by atoms with Gasteiger partial charge in [0.05, 0.1) is 6.04 Å². The first-order valence-corrected chi connectivity index (χ1v) is 4.81. The summed E-state index contributed by atoms with van der Waals surface area (Å²) in [5.41, 5.74) is 0.725. The molecule has 0 radical (unpaired) electrons. The Morgan fingerprint density at radius 1 is 1.54 bits per heavy atom. The van der Waals surface area contributed by atoms with Gasteiger partial charge in [0.25, 0.3) is 0 Å². The van der Waals surface area contributed by atoms with Gasteiger partial charge in [-0.2, -0.15) is 0 Å². The van der Waals surface area contributed by atoms with Crippen LogP contribution in [-0.4, -0.2) is 25.3 Å². The smallest absolute Gasteiger partial charge is 0.116 e. The van der Waals surface area contributed by atoms with E-state index < -0.39 is 0 Å². The molecule has 0 bridgehead atoms. The molecule has 3 heteroatoms. The topological polar surface area (TPSA) is 24.1 Å². The monoisotopic (exact) mass is 182 g/mol. The van der Waals surface area contributed by atoms with Crippen molar-refractivity contribution in [2.45, 2.75) is 24.9 Å². The largest absolute Gasteiger partial charge is 0.383 e. The molecule has 2 N–H and O–H groups in total. The lowest BCUT2D eigenvalue weighted by Crippen LogP contribution is -2.36. The molecule has 0 spiro atoms. The zero-order valence-corrected chi connectivity index (χ0v) is 7.59. The van der Waals surface area contributed by atoms with Crippen molar-refractivity contribution in [2.75, 3.05) is 13.2 Å². The number of halogens is 1. The Morgan fingerprint density at radius 3 is 2.92 bits per heavy atom. The van der Waals surface area contributed by atoms with E-state index in [0.29, 0.717) is 6.04 Å². The highest BCUT2D eigenvalue weighted by molar-refractivity contribution is 5.24. The third-order valence-electron chi connectivity index (χ3n) is 2.38. The van der Waals surface area contributed by atoms with E-state index in [-0.39, 0.29) is 6.67 Å².